The highest BCUT2D eigenvalue weighted by atomic mass is 19.1. The number of aldehydes is 1. The summed E-state index contributed by atoms with van der Waals surface area (Å²) in [5, 5.41) is 0. The molecule has 0 aliphatic heterocycles. The van der Waals surface area contributed by atoms with Gasteiger partial charge in [0.15, 0.2) is 0 Å². The summed E-state index contributed by atoms with van der Waals surface area (Å²) in [6, 6.07) is 6.53. The molecule has 0 heterocycles. The molecular weight excluding hydrogens is 215 g/mol. The van der Waals surface area contributed by atoms with Crippen LogP contribution < -0.4 is 0 Å². The van der Waals surface area contributed by atoms with Crippen molar-refractivity contribution in [1.82, 2.24) is 0 Å². The van der Waals surface area contributed by atoms with Crippen LogP contribution in [-0.2, 0) is 4.79 Å². The van der Waals surface area contributed by atoms with Crippen LogP contribution >= 0.6 is 0 Å². The second-order valence-corrected chi connectivity index (χ2v) is 5.14. The van der Waals surface area contributed by atoms with Gasteiger partial charge in [0.1, 0.15) is 12.1 Å². The molecule has 17 heavy (non-hydrogen) atoms. The molecule has 0 radical (unpaired) electrons. The number of hydrogen-bond acceptors (Lipinski definition) is 1. The van der Waals surface area contributed by atoms with Crippen molar-refractivity contribution in [2.24, 2.45) is 11.8 Å². The molecule has 0 N–H and O–H groups in total. The van der Waals surface area contributed by atoms with Gasteiger partial charge in [0.25, 0.3) is 0 Å². The fourth-order valence-corrected chi connectivity index (χ4v) is 3.30. The molecule has 2 aliphatic carbocycles. The van der Waals surface area contributed by atoms with Crippen LogP contribution in [0.3, 0.4) is 0 Å². The third-order valence-corrected chi connectivity index (χ3v) is 4.14. The topological polar surface area (TPSA) is 17.1 Å². The first kappa shape index (κ1) is 10.7. The minimum Gasteiger partial charge on any atom is -0.298 e. The van der Waals surface area contributed by atoms with Crippen molar-refractivity contribution >= 4 is 11.9 Å². The minimum atomic E-state index is -0.221. The zero-order valence-corrected chi connectivity index (χ0v) is 9.66. The number of benzene rings is 1. The number of hydrogen-bond donors (Lipinski definition) is 0. The van der Waals surface area contributed by atoms with Gasteiger partial charge < -0.3 is 0 Å². The van der Waals surface area contributed by atoms with Gasteiger partial charge in [-0.1, -0.05) is 12.1 Å². The Labute approximate surface area is 100 Å². The van der Waals surface area contributed by atoms with Gasteiger partial charge in [-0.15, -0.1) is 0 Å². The number of halogens is 1. The molecule has 1 aromatic rings. The van der Waals surface area contributed by atoms with Crippen LogP contribution in [0.25, 0.3) is 5.57 Å². The summed E-state index contributed by atoms with van der Waals surface area (Å²) in [5.41, 5.74) is 3.13. The highest BCUT2D eigenvalue weighted by Crippen LogP contribution is 2.47. The molecule has 88 valence electrons. The van der Waals surface area contributed by atoms with E-state index in [1.54, 1.807) is 12.1 Å². The van der Waals surface area contributed by atoms with Gasteiger partial charge in [0.05, 0.1) is 0 Å². The Morgan fingerprint density at radius 3 is 2.65 bits per heavy atom. The first-order chi connectivity index (χ1) is 8.28. The Hall–Kier alpha value is -1.44. The Kier molecular flexibility index (Phi) is 2.58. The molecule has 1 saturated carbocycles. The number of allylic oxidation sites excluding steroid dienone is 2. The Morgan fingerprint density at radius 2 is 1.94 bits per heavy atom. The van der Waals surface area contributed by atoms with Gasteiger partial charge in [0, 0.05) is 0 Å². The van der Waals surface area contributed by atoms with Gasteiger partial charge in [-0.3, -0.25) is 4.79 Å². The van der Waals surface area contributed by atoms with Crippen LogP contribution in [0.2, 0.25) is 0 Å². The molecule has 0 saturated heterocycles. The number of carbonyl (C=O) groups excluding carboxylic acids is 1. The zero-order chi connectivity index (χ0) is 11.8. The molecule has 0 spiro atoms. The van der Waals surface area contributed by atoms with E-state index in [4.69, 9.17) is 0 Å². The maximum atomic E-state index is 12.9. The van der Waals surface area contributed by atoms with E-state index in [-0.39, 0.29) is 5.82 Å². The maximum absolute atomic E-state index is 12.9. The predicted octanol–water partition coefficient (Wildman–Crippen LogP) is 3.60. The fourth-order valence-electron chi connectivity index (χ4n) is 3.30. The van der Waals surface area contributed by atoms with E-state index in [0.717, 1.165) is 41.8 Å². The second-order valence-electron chi connectivity index (χ2n) is 5.14. The largest absolute Gasteiger partial charge is 0.298 e. The molecule has 2 heteroatoms. The highest BCUT2D eigenvalue weighted by Gasteiger charge is 2.34. The Morgan fingerprint density at radius 1 is 1.18 bits per heavy atom. The van der Waals surface area contributed by atoms with Gasteiger partial charge in [0.2, 0.25) is 0 Å². The summed E-state index contributed by atoms with van der Waals surface area (Å²) < 4.78 is 12.9. The predicted molar refractivity (Wildman–Crippen MR) is 64.8 cm³/mol. The van der Waals surface area contributed by atoms with Crippen LogP contribution in [0, 0.1) is 17.7 Å². The summed E-state index contributed by atoms with van der Waals surface area (Å²) in [7, 11) is 0. The summed E-state index contributed by atoms with van der Waals surface area (Å²) in [6.07, 6.45) is 5.54. The van der Waals surface area contributed by atoms with Crippen molar-refractivity contribution in [3.63, 3.8) is 0 Å². The van der Waals surface area contributed by atoms with Crippen LogP contribution in [0.15, 0.2) is 29.8 Å². The quantitative estimate of drug-likeness (QED) is 0.709. The normalized spacial score (nSPS) is 27.4. The molecule has 2 bridgehead atoms. The SMILES string of the molecule is O=CC1=C(c2ccc(F)cc2)CC2CCC1C2. The molecular formula is C15H15FO. The monoisotopic (exact) mass is 230 g/mol. The Balaban J connectivity index is 2.05. The summed E-state index contributed by atoms with van der Waals surface area (Å²) >= 11 is 0. The van der Waals surface area contributed by atoms with Crippen LogP contribution in [-0.4, -0.2) is 6.29 Å². The van der Waals surface area contributed by atoms with Gasteiger partial charge in [-0.05, 0) is 66.4 Å². The Bertz CT molecular complexity index is 472. The fraction of sp³-hybridized carbons (Fsp3) is 0.400. The molecule has 0 aromatic heterocycles. The van der Waals surface area contributed by atoms with Crippen molar-refractivity contribution < 1.29 is 9.18 Å². The van der Waals surface area contributed by atoms with Gasteiger partial charge in [-0.25, -0.2) is 4.39 Å². The van der Waals surface area contributed by atoms with Crippen LogP contribution in [0.5, 0.6) is 0 Å². The van der Waals surface area contributed by atoms with E-state index in [1.165, 1.54) is 25.0 Å². The first-order valence-corrected chi connectivity index (χ1v) is 6.22. The van der Waals surface area contributed by atoms with Crippen molar-refractivity contribution in [1.29, 1.82) is 0 Å². The van der Waals surface area contributed by atoms with E-state index in [1.807, 2.05) is 0 Å². The van der Waals surface area contributed by atoms with Crippen LogP contribution in [0.1, 0.15) is 31.2 Å². The molecule has 0 amide bonds. The van der Waals surface area contributed by atoms with Crippen molar-refractivity contribution in [2.45, 2.75) is 25.7 Å². The van der Waals surface area contributed by atoms with E-state index in [0.29, 0.717) is 5.92 Å². The lowest BCUT2D eigenvalue weighted by Crippen LogP contribution is -2.11. The summed E-state index contributed by atoms with van der Waals surface area (Å²) in [5.74, 6) is 0.954. The van der Waals surface area contributed by atoms with Crippen molar-refractivity contribution in [3.05, 3.63) is 41.2 Å². The number of rotatable bonds is 2. The lowest BCUT2D eigenvalue weighted by molar-refractivity contribution is -0.105. The van der Waals surface area contributed by atoms with E-state index >= 15 is 0 Å². The highest BCUT2D eigenvalue weighted by molar-refractivity contribution is 5.89. The maximum Gasteiger partial charge on any atom is 0.146 e. The molecule has 1 aromatic carbocycles. The van der Waals surface area contributed by atoms with Gasteiger partial charge in [-0.2, -0.15) is 0 Å². The average Bonchev–Trinajstić information content (AvgIpc) is 2.73. The molecule has 2 atom stereocenters. The van der Waals surface area contributed by atoms with Crippen molar-refractivity contribution in [3.8, 4) is 0 Å². The van der Waals surface area contributed by atoms with Crippen molar-refractivity contribution in [2.75, 3.05) is 0 Å². The first-order valence-electron chi connectivity index (χ1n) is 6.22. The molecule has 1 fully saturated rings. The third-order valence-electron chi connectivity index (χ3n) is 4.14. The minimum absolute atomic E-state index is 0.221. The molecule has 2 aliphatic rings. The standard InChI is InChI=1S/C15H15FO/c16-13-5-3-11(4-6-13)14-8-10-1-2-12(7-10)15(14)9-17/h3-6,9-10,12H,1-2,7-8H2. The summed E-state index contributed by atoms with van der Waals surface area (Å²) in [4.78, 5) is 11.3. The average molecular weight is 230 g/mol. The smallest absolute Gasteiger partial charge is 0.146 e. The third kappa shape index (κ3) is 1.82. The molecule has 3 rings (SSSR count). The lowest BCUT2D eigenvalue weighted by atomic mass is 9.81. The number of carbonyl (C=O) groups is 1. The second kappa shape index (κ2) is 4.10. The molecule has 2 unspecified atom stereocenters. The lowest BCUT2D eigenvalue weighted by Gasteiger charge is -2.23. The van der Waals surface area contributed by atoms with E-state index in [9.17, 15) is 9.18 Å². The number of fused-ring (bicyclic) bond motifs is 2. The summed E-state index contributed by atoms with van der Waals surface area (Å²) in [6.45, 7) is 0. The van der Waals surface area contributed by atoms with E-state index < -0.39 is 0 Å². The molecule has 1 nitrogen and oxygen atoms in total. The van der Waals surface area contributed by atoms with E-state index in [2.05, 4.69) is 0 Å². The van der Waals surface area contributed by atoms with Gasteiger partial charge >= 0.3 is 0 Å². The van der Waals surface area contributed by atoms with Crippen LogP contribution in [0.4, 0.5) is 4.39 Å². The zero-order valence-electron chi connectivity index (χ0n) is 9.66.